The number of hydrogen-bond acceptors (Lipinski definition) is 3. The van der Waals surface area contributed by atoms with Gasteiger partial charge in [0.05, 0.1) is 11.6 Å². The zero-order valence-electron chi connectivity index (χ0n) is 7.64. The Balaban J connectivity index is 2.57. The number of aliphatic carboxylic acids is 1. The van der Waals surface area contributed by atoms with Crippen LogP contribution < -0.4 is 0 Å². The van der Waals surface area contributed by atoms with Gasteiger partial charge in [-0.25, -0.2) is 4.39 Å². The molecule has 5 heteroatoms. The van der Waals surface area contributed by atoms with Crippen LogP contribution in [0.5, 0.6) is 0 Å². The molecule has 0 bridgehead atoms. The highest BCUT2D eigenvalue weighted by atomic mass is 19.1. The molecule has 4 nitrogen and oxygen atoms in total. The Hall–Kier alpha value is -1.91. The highest BCUT2D eigenvalue weighted by molar-refractivity contribution is 6.08. The lowest BCUT2D eigenvalue weighted by Crippen LogP contribution is -2.08. The van der Waals surface area contributed by atoms with Crippen molar-refractivity contribution in [2.24, 2.45) is 5.16 Å². The minimum atomic E-state index is -0.999. The van der Waals surface area contributed by atoms with E-state index in [2.05, 4.69) is 5.16 Å². The number of oxime groups is 1. The van der Waals surface area contributed by atoms with E-state index in [0.29, 0.717) is 11.1 Å². The largest absolute Gasteiger partial charge is 0.481 e. The average molecular weight is 209 g/mol. The van der Waals surface area contributed by atoms with E-state index in [0.717, 1.165) is 0 Å². The molecule has 1 aliphatic rings. The maximum Gasteiger partial charge on any atom is 0.311 e. The van der Waals surface area contributed by atoms with E-state index in [1.54, 1.807) is 0 Å². The molecule has 1 aliphatic carbocycles. The third kappa shape index (κ3) is 1.45. The van der Waals surface area contributed by atoms with Gasteiger partial charge in [-0.2, -0.15) is 0 Å². The van der Waals surface area contributed by atoms with Crippen LogP contribution in [-0.2, 0) is 4.79 Å². The number of halogens is 1. The smallest absolute Gasteiger partial charge is 0.311 e. The molecule has 0 amide bonds. The first-order valence-corrected chi connectivity index (χ1v) is 4.37. The van der Waals surface area contributed by atoms with E-state index < -0.39 is 17.7 Å². The molecule has 0 radical (unpaired) electrons. The number of nitrogens with zero attached hydrogens (tertiary/aromatic N) is 1. The monoisotopic (exact) mass is 209 g/mol. The van der Waals surface area contributed by atoms with Gasteiger partial charge in [-0.05, 0) is 17.7 Å². The zero-order valence-corrected chi connectivity index (χ0v) is 7.64. The third-order valence-corrected chi connectivity index (χ3v) is 2.52. The van der Waals surface area contributed by atoms with Crippen molar-refractivity contribution in [2.75, 3.05) is 0 Å². The van der Waals surface area contributed by atoms with E-state index in [1.807, 2.05) is 0 Å². The summed E-state index contributed by atoms with van der Waals surface area (Å²) in [5.41, 5.74) is 1.10. The van der Waals surface area contributed by atoms with E-state index in [9.17, 15) is 9.18 Å². The summed E-state index contributed by atoms with van der Waals surface area (Å²) in [7, 11) is 0. The Bertz CT molecular complexity index is 456. The number of hydrogen-bond donors (Lipinski definition) is 2. The van der Waals surface area contributed by atoms with Crippen molar-refractivity contribution in [3.8, 4) is 0 Å². The van der Waals surface area contributed by atoms with Crippen LogP contribution in [0.1, 0.15) is 23.5 Å². The molecule has 0 saturated carbocycles. The normalized spacial score (nSPS) is 21.7. The van der Waals surface area contributed by atoms with Crippen molar-refractivity contribution in [1.29, 1.82) is 0 Å². The fourth-order valence-corrected chi connectivity index (χ4v) is 1.81. The van der Waals surface area contributed by atoms with Crippen molar-refractivity contribution < 1.29 is 19.5 Å². The van der Waals surface area contributed by atoms with Crippen LogP contribution >= 0.6 is 0 Å². The molecule has 0 saturated heterocycles. The van der Waals surface area contributed by atoms with Gasteiger partial charge in [0.2, 0.25) is 0 Å². The summed E-state index contributed by atoms with van der Waals surface area (Å²) in [4.78, 5) is 10.9. The molecule has 0 aliphatic heterocycles. The molecule has 78 valence electrons. The number of benzene rings is 1. The van der Waals surface area contributed by atoms with E-state index in [-0.39, 0.29) is 12.1 Å². The van der Waals surface area contributed by atoms with E-state index in [1.165, 1.54) is 18.2 Å². The van der Waals surface area contributed by atoms with Crippen LogP contribution in [0.2, 0.25) is 0 Å². The molecule has 0 spiro atoms. The highest BCUT2D eigenvalue weighted by Crippen LogP contribution is 2.33. The lowest BCUT2D eigenvalue weighted by atomic mass is 10.0. The summed E-state index contributed by atoms with van der Waals surface area (Å²) < 4.78 is 12.9. The Labute approximate surface area is 84.7 Å². The minimum Gasteiger partial charge on any atom is -0.481 e. The van der Waals surface area contributed by atoms with Crippen LogP contribution in [0.15, 0.2) is 23.4 Å². The van der Waals surface area contributed by atoms with Gasteiger partial charge < -0.3 is 10.3 Å². The predicted molar refractivity (Wildman–Crippen MR) is 49.7 cm³/mol. The lowest BCUT2D eigenvalue weighted by molar-refractivity contribution is -0.138. The first kappa shape index (κ1) is 9.64. The number of carboxylic acid groups (broad SMARTS) is 1. The van der Waals surface area contributed by atoms with Crippen LogP contribution in [0.25, 0.3) is 0 Å². The Kier molecular flexibility index (Phi) is 2.15. The summed E-state index contributed by atoms with van der Waals surface area (Å²) in [5, 5.41) is 20.6. The van der Waals surface area contributed by atoms with Gasteiger partial charge in [0.15, 0.2) is 0 Å². The predicted octanol–water partition coefficient (Wildman–Crippen LogP) is 1.58. The Morgan fingerprint density at radius 1 is 1.53 bits per heavy atom. The summed E-state index contributed by atoms with van der Waals surface area (Å²) in [6.45, 7) is 0. The van der Waals surface area contributed by atoms with E-state index in [4.69, 9.17) is 10.3 Å². The molecule has 2 N–H and O–H groups in total. The van der Waals surface area contributed by atoms with Gasteiger partial charge in [-0.3, -0.25) is 4.79 Å². The molecule has 2 rings (SSSR count). The van der Waals surface area contributed by atoms with Gasteiger partial charge in [0.1, 0.15) is 5.82 Å². The third-order valence-electron chi connectivity index (χ3n) is 2.52. The second-order valence-electron chi connectivity index (χ2n) is 3.37. The number of carbonyl (C=O) groups is 1. The number of fused-ring (bicyclic) bond motifs is 1. The van der Waals surface area contributed by atoms with E-state index >= 15 is 0 Å². The standard InChI is InChI=1S/C10H8FNO3/c11-5-1-2-6-7(3-5)9(12-15)4-8(6)10(13)14/h1-3,8,15H,4H2,(H,13,14)/b12-9-. The van der Waals surface area contributed by atoms with Gasteiger partial charge >= 0.3 is 5.97 Å². The zero-order chi connectivity index (χ0) is 11.0. The second-order valence-corrected chi connectivity index (χ2v) is 3.37. The van der Waals surface area contributed by atoms with Crippen molar-refractivity contribution >= 4 is 11.7 Å². The molecule has 0 fully saturated rings. The van der Waals surface area contributed by atoms with Crippen LogP contribution in [0, 0.1) is 5.82 Å². The van der Waals surface area contributed by atoms with Gasteiger partial charge in [-0.1, -0.05) is 11.2 Å². The number of rotatable bonds is 1. The lowest BCUT2D eigenvalue weighted by Gasteiger charge is -2.03. The molecule has 1 aromatic carbocycles. The quantitative estimate of drug-likeness (QED) is 0.544. The van der Waals surface area contributed by atoms with Gasteiger partial charge in [0.25, 0.3) is 0 Å². The van der Waals surface area contributed by atoms with Crippen molar-refractivity contribution in [3.63, 3.8) is 0 Å². The van der Waals surface area contributed by atoms with Crippen molar-refractivity contribution in [3.05, 3.63) is 35.1 Å². The molecule has 0 heterocycles. The van der Waals surface area contributed by atoms with Crippen molar-refractivity contribution in [1.82, 2.24) is 0 Å². The average Bonchev–Trinajstić information content (AvgIpc) is 2.55. The Morgan fingerprint density at radius 2 is 2.27 bits per heavy atom. The minimum absolute atomic E-state index is 0.102. The molecule has 0 aromatic heterocycles. The molecule has 1 unspecified atom stereocenters. The topological polar surface area (TPSA) is 69.9 Å². The van der Waals surface area contributed by atoms with Crippen molar-refractivity contribution in [2.45, 2.75) is 12.3 Å². The van der Waals surface area contributed by atoms with Crippen LogP contribution in [-0.4, -0.2) is 22.0 Å². The van der Waals surface area contributed by atoms with Crippen LogP contribution in [0.3, 0.4) is 0 Å². The van der Waals surface area contributed by atoms with Gasteiger partial charge in [-0.15, -0.1) is 0 Å². The number of carboxylic acids is 1. The fraction of sp³-hybridized carbons (Fsp3) is 0.200. The summed E-state index contributed by atoms with van der Waals surface area (Å²) in [5.74, 6) is -2.21. The molecular formula is C10H8FNO3. The molecule has 15 heavy (non-hydrogen) atoms. The van der Waals surface area contributed by atoms with Gasteiger partial charge in [0, 0.05) is 12.0 Å². The summed E-state index contributed by atoms with van der Waals surface area (Å²) in [6.07, 6.45) is 0.102. The summed E-state index contributed by atoms with van der Waals surface area (Å²) >= 11 is 0. The second kappa shape index (κ2) is 3.34. The molecule has 1 atom stereocenters. The molecule has 1 aromatic rings. The molecular weight excluding hydrogens is 201 g/mol. The summed E-state index contributed by atoms with van der Waals surface area (Å²) in [6, 6.07) is 3.81. The fourth-order valence-electron chi connectivity index (χ4n) is 1.81. The Morgan fingerprint density at radius 3 is 2.87 bits per heavy atom. The first-order chi connectivity index (χ1) is 7.13. The first-order valence-electron chi connectivity index (χ1n) is 4.37. The maximum absolute atomic E-state index is 12.9. The SMILES string of the molecule is O=C(O)C1C/C(=N/O)c2cc(F)ccc21. The maximum atomic E-state index is 12.9. The highest BCUT2D eigenvalue weighted by Gasteiger charge is 2.33. The van der Waals surface area contributed by atoms with Crippen LogP contribution in [0.4, 0.5) is 4.39 Å².